The van der Waals surface area contributed by atoms with Crippen molar-refractivity contribution in [3.63, 3.8) is 0 Å². The van der Waals surface area contributed by atoms with Gasteiger partial charge in [0.25, 0.3) is 5.91 Å². The number of nitrogens with one attached hydrogen (secondary N) is 1. The van der Waals surface area contributed by atoms with E-state index in [1.807, 2.05) is 0 Å². The molecule has 0 aromatic heterocycles. The first kappa shape index (κ1) is 17.2. The normalized spacial score (nSPS) is 13.9. The summed E-state index contributed by atoms with van der Waals surface area (Å²) < 4.78 is 19.2. The summed E-state index contributed by atoms with van der Waals surface area (Å²) in [6.07, 6.45) is 1.24. The largest absolute Gasteiger partial charge is 0.495 e. The highest BCUT2D eigenvalue weighted by Gasteiger charge is 2.25. The van der Waals surface area contributed by atoms with E-state index in [1.165, 1.54) is 25.3 Å². The quantitative estimate of drug-likeness (QED) is 0.898. The molecule has 1 fully saturated rings. The molecule has 1 aliphatic heterocycles. The zero-order valence-corrected chi connectivity index (χ0v) is 14.3. The fourth-order valence-electron chi connectivity index (χ4n) is 2.79. The van der Waals surface area contributed by atoms with Crippen molar-refractivity contribution in [3.8, 4) is 5.75 Å². The van der Waals surface area contributed by atoms with Crippen LogP contribution in [0.3, 0.4) is 0 Å². The molecule has 0 radical (unpaired) electrons. The van der Waals surface area contributed by atoms with Gasteiger partial charge in [0, 0.05) is 18.7 Å². The Balaban J connectivity index is 1.90. The van der Waals surface area contributed by atoms with Crippen molar-refractivity contribution in [3.05, 3.63) is 52.8 Å². The number of anilines is 2. The second-order valence-corrected chi connectivity index (χ2v) is 5.99. The van der Waals surface area contributed by atoms with E-state index in [1.54, 1.807) is 23.1 Å². The third-order valence-electron chi connectivity index (χ3n) is 3.99. The first-order valence-corrected chi connectivity index (χ1v) is 8.13. The Morgan fingerprint density at radius 3 is 2.76 bits per heavy atom. The topological polar surface area (TPSA) is 58.6 Å². The molecular weight excluding hydrogens is 347 g/mol. The number of benzene rings is 2. The van der Waals surface area contributed by atoms with Crippen molar-refractivity contribution in [2.45, 2.75) is 12.8 Å². The first-order valence-electron chi connectivity index (χ1n) is 7.75. The molecule has 0 bridgehead atoms. The van der Waals surface area contributed by atoms with Crippen LogP contribution in [0.15, 0.2) is 36.4 Å². The molecule has 25 heavy (non-hydrogen) atoms. The minimum atomic E-state index is -0.701. The van der Waals surface area contributed by atoms with Gasteiger partial charge in [0.2, 0.25) is 5.91 Å². The Hall–Kier alpha value is -2.60. The number of hydrogen-bond acceptors (Lipinski definition) is 3. The third kappa shape index (κ3) is 3.44. The van der Waals surface area contributed by atoms with E-state index in [-0.39, 0.29) is 16.5 Å². The Bertz CT molecular complexity index is 821. The Kier molecular flexibility index (Phi) is 4.90. The van der Waals surface area contributed by atoms with Gasteiger partial charge in [-0.3, -0.25) is 9.59 Å². The molecule has 1 saturated heterocycles. The third-order valence-corrected chi connectivity index (χ3v) is 4.31. The fraction of sp³-hybridized carbons (Fsp3) is 0.222. The maximum atomic E-state index is 13.9. The van der Waals surface area contributed by atoms with Gasteiger partial charge in [0.1, 0.15) is 11.6 Å². The van der Waals surface area contributed by atoms with Gasteiger partial charge in [-0.1, -0.05) is 17.7 Å². The van der Waals surface area contributed by atoms with Gasteiger partial charge in [-0.25, -0.2) is 4.39 Å². The predicted molar refractivity (Wildman–Crippen MR) is 93.9 cm³/mol. The lowest BCUT2D eigenvalue weighted by Crippen LogP contribution is -2.24. The first-order chi connectivity index (χ1) is 12.0. The van der Waals surface area contributed by atoms with E-state index in [0.29, 0.717) is 30.1 Å². The molecule has 3 rings (SSSR count). The number of rotatable bonds is 4. The number of ether oxygens (including phenoxy) is 1. The van der Waals surface area contributed by atoms with E-state index in [4.69, 9.17) is 16.3 Å². The van der Waals surface area contributed by atoms with Crippen molar-refractivity contribution in [2.75, 3.05) is 23.9 Å². The number of carbonyl (C=O) groups excluding carboxylic acids is 2. The molecule has 7 heteroatoms. The Morgan fingerprint density at radius 2 is 2.12 bits per heavy atom. The maximum Gasteiger partial charge on any atom is 0.260 e. The molecule has 0 saturated carbocycles. The molecule has 5 nitrogen and oxygen atoms in total. The second kappa shape index (κ2) is 7.11. The lowest BCUT2D eigenvalue weighted by Gasteiger charge is -2.20. The van der Waals surface area contributed by atoms with E-state index in [0.717, 1.165) is 6.42 Å². The summed E-state index contributed by atoms with van der Waals surface area (Å²) >= 11 is 5.92. The lowest BCUT2D eigenvalue weighted by atomic mass is 10.1. The van der Waals surface area contributed by atoms with Crippen LogP contribution in [-0.4, -0.2) is 25.5 Å². The molecule has 2 aromatic carbocycles. The van der Waals surface area contributed by atoms with Gasteiger partial charge in [-0.15, -0.1) is 0 Å². The highest BCUT2D eigenvalue weighted by atomic mass is 35.5. The van der Waals surface area contributed by atoms with Crippen LogP contribution < -0.4 is 15.0 Å². The van der Waals surface area contributed by atoms with Crippen LogP contribution >= 0.6 is 11.6 Å². The van der Waals surface area contributed by atoms with Crippen LogP contribution in [0.25, 0.3) is 0 Å². The van der Waals surface area contributed by atoms with Gasteiger partial charge < -0.3 is 15.0 Å². The summed E-state index contributed by atoms with van der Waals surface area (Å²) in [5, 5.41) is 2.64. The van der Waals surface area contributed by atoms with E-state index < -0.39 is 11.7 Å². The van der Waals surface area contributed by atoms with Crippen molar-refractivity contribution in [1.29, 1.82) is 0 Å². The number of carbonyl (C=O) groups is 2. The minimum Gasteiger partial charge on any atom is -0.495 e. The smallest absolute Gasteiger partial charge is 0.260 e. The van der Waals surface area contributed by atoms with Crippen molar-refractivity contribution < 1.29 is 18.7 Å². The molecule has 0 unspecified atom stereocenters. The summed E-state index contributed by atoms with van der Waals surface area (Å²) in [6, 6.07) is 8.95. The highest BCUT2D eigenvalue weighted by molar-refractivity contribution is 6.34. The average Bonchev–Trinajstić information content (AvgIpc) is 3.00. The van der Waals surface area contributed by atoms with E-state index >= 15 is 0 Å². The highest BCUT2D eigenvalue weighted by Crippen LogP contribution is 2.34. The van der Waals surface area contributed by atoms with Crippen LogP contribution in [0.2, 0.25) is 5.02 Å². The summed E-state index contributed by atoms with van der Waals surface area (Å²) in [5.41, 5.74) is 0.765. The van der Waals surface area contributed by atoms with Gasteiger partial charge >= 0.3 is 0 Å². The molecular formula is C18H16ClFN2O3. The Morgan fingerprint density at radius 1 is 1.32 bits per heavy atom. The van der Waals surface area contributed by atoms with Gasteiger partial charge in [-0.2, -0.15) is 0 Å². The molecule has 1 heterocycles. The van der Waals surface area contributed by atoms with Gasteiger partial charge in [0.15, 0.2) is 0 Å². The van der Waals surface area contributed by atoms with E-state index in [2.05, 4.69) is 5.32 Å². The van der Waals surface area contributed by atoms with E-state index in [9.17, 15) is 14.0 Å². The predicted octanol–water partition coefficient (Wildman–Crippen LogP) is 3.87. The minimum absolute atomic E-state index is 0.000996. The summed E-state index contributed by atoms with van der Waals surface area (Å²) in [6.45, 7) is 0.589. The summed E-state index contributed by atoms with van der Waals surface area (Å²) in [4.78, 5) is 26.0. The summed E-state index contributed by atoms with van der Waals surface area (Å²) in [5.74, 6) is -0.837. The molecule has 0 atom stereocenters. The molecule has 1 N–H and O–H groups in total. The number of methoxy groups -OCH3 is 1. The monoisotopic (exact) mass is 362 g/mol. The number of amides is 2. The number of halogens is 2. The van der Waals surface area contributed by atoms with Gasteiger partial charge in [0.05, 0.1) is 23.4 Å². The van der Waals surface area contributed by atoms with Crippen LogP contribution in [0.5, 0.6) is 5.75 Å². The van der Waals surface area contributed by atoms with Crippen LogP contribution in [0.4, 0.5) is 15.8 Å². The average molecular weight is 363 g/mol. The Labute approximate surface area is 149 Å². The molecule has 0 spiro atoms. The van der Waals surface area contributed by atoms with Crippen molar-refractivity contribution in [2.24, 2.45) is 0 Å². The van der Waals surface area contributed by atoms with Crippen LogP contribution in [0, 0.1) is 5.82 Å². The van der Waals surface area contributed by atoms with Crippen molar-refractivity contribution >= 4 is 34.8 Å². The zero-order valence-electron chi connectivity index (χ0n) is 13.5. The molecule has 2 aromatic rings. The molecule has 2 amide bonds. The zero-order chi connectivity index (χ0) is 18.0. The van der Waals surface area contributed by atoms with Crippen molar-refractivity contribution in [1.82, 2.24) is 0 Å². The number of nitrogens with zero attached hydrogens (tertiary/aromatic N) is 1. The second-order valence-electron chi connectivity index (χ2n) is 5.59. The molecule has 1 aliphatic rings. The SMILES string of the molecule is COc1ccc(NC(=O)c2c(F)cccc2Cl)cc1N1CCCC1=O. The van der Waals surface area contributed by atoms with Crippen LogP contribution in [-0.2, 0) is 4.79 Å². The standard InChI is InChI=1S/C18H16ClFN2O3/c1-25-15-8-7-11(10-14(15)22-9-3-6-16(22)23)21-18(24)17-12(19)4-2-5-13(17)20/h2,4-5,7-8,10H,3,6,9H2,1H3,(H,21,24). The number of hydrogen-bond donors (Lipinski definition) is 1. The maximum absolute atomic E-state index is 13.9. The lowest BCUT2D eigenvalue weighted by molar-refractivity contribution is -0.117. The fourth-order valence-corrected chi connectivity index (χ4v) is 3.04. The summed E-state index contributed by atoms with van der Waals surface area (Å²) in [7, 11) is 1.51. The molecule has 0 aliphatic carbocycles. The molecule has 130 valence electrons. The van der Waals surface area contributed by atoms with Crippen LogP contribution in [0.1, 0.15) is 23.2 Å². The van der Waals surface area contributed by atoms with Gasteiger partial charge in [-0.05, 0) is 36.8 Å².